The zero-order chi connectivity index (χ0) is 11.2. The summed E-state index contributed by atoms with van der Waals surface area (Å²) in [5.74, 6) is -1.67. The molecule has 15 heavy (non-hydrogen) atoms. The van der Waals surface area contributed by atoms with Gasteiger partial charge in [-0.2, -0.15) is 0 Å². The second kappa shape index (κ2) is 3.41. The third-order valence-electron chi connectivity index (χ3n) is 2.23. The Kier molecular flexibility index (Phi) is 2.34. The van der Waals surface area contributed by atoms with Crippen molar-refractivity contribution in [3.8, 4) is 0 Å². The molecule has 0 saturated carbocycles. The van der Waals surface area contributed by atoms with Gasteiger partial charge in [-0.1, -0.05) is 25.2 Å². The van der Waals surface area contributed by atoms with Gasteiger partial charge in [-0.25, -0.2) is 13.8 Å². The number of hydrogen-bond donors (Lipinski definition) is 1. The van der Waals surface area contributed by atoms with E-state index < -0.39 is 11.6 Å². The molecule has 2 rings (SSSR count). The van der Waals surface area contributed by atoms with E-state index in [1.807, 2.05) is 13.8 Å². The Morgan fingerprint density at radius 3 is 2.67 bits per heavy atom. The van der Waals surface area contributed by atoms with E-state index in [4.69, 9.17) is 5.73 Å². The van der Waals surface area contributed by atoms with Gasteiger partial charge in [0.1, 0.15) is 5.52 Å². The number of rotatable bonds is 1. The van der Waals surface area contributed by atoms with Crippen LogP contribution in [0.1, 0.15) is 25.3 Å². The van der Waals surface area contributed by atoms with Crippen molar-refractivity contribution in [3.63, 3.8) is 0 Å². The number of anilines is 1. The number of halogens is 2. The van der Waals surface area contributed by atoms with E-state index in [-0.39, 0.29) is 16.6 Å². The van der Waals surface area contributed by atoms with Crippen molar-refractivity contribution in [2.24, 2.45) is 0 Å². The SMILES string of the molecule is CC(C)c1cc(F)c(F)c2nc(N)sc12. The minimum atomic E-state index is -0.914. The Hall–Kier alpha value is -1.23. The summed E-state index contributed by atoms with van der Waals surface area (Å²) in [6, 6.07) is 1.22. The van der Waals surface area contributed by atoms with Crippen molar-refractivity contribution < 1.29 is 8.78 Å². The van der Waals surface area contributed by atoms with Gasteiger partial charge in [0.15, 0.2) is 16.8 Å². The predicted molar refractivity (Wildman–Crippen MR) is 58.0 cm³/mol. The van der Waals surface area contributed by atoms with Gasteiger partial charge in [-0.15, -0.1) is 0 Å². The van der Waals surface area contributed by atoms with Crippen molar-refractivity contribution in [1.82, 2.24) is 4.98 Å². The molecular formula is C10H10F2N2S. The Balaban J connectivity index is 2.87. The van der Waals surface area contributed by atoms with E-state index in [1.165, 1.54) is 17.4 Å². The van der Waals surface area contributed by atoms with E-state index in [0.29, 0.717) is 4.70 Å². The molecule has 1 aromatic heterocycles. The van der Waals surface area contributed by atoms with Crippen LogP contribution in [-0.4, -0.2) is 4.98 Å². The van der Waals surface area contributed by atoms with Crippen LogP contribution in [0.2, 0.25) is 0 Å². The van der Waals surface area contributed by atoms with Gasteiger partial charge < -0.3 is 5.73 Å². The molecule has 0 radical (unpaired) electrons. The second-order valence-corrected chi connectivity index (χ2v) is 4.68. The number of nitrogen functional groups attached to an aromatic ring is 1. The fraction of sp³-hybridized carbons (Fsp3) is 0.300. The first kappa shape index (κ1) is 10.3. The summed E-state index contributed by atoms with van der Waals surface area (Å²) in [6.07, 6.45) is 0. The largest absolute Gasteiger partial charge is 0.375 e. The van der Waals surface area contributed by atoms with Gasteiger partial charge in [0.2, 0.25) is 0 Å². The van der Waals surface area contributed by atoms with Crippen LogP contribution in [-0.2, 0) is 0 Å². The number of benzene rings is 1. The molecule has 1 aromatic carbocycles. The highest BCUT2D eigenvalue weighted by Crippen LogP contribution is 2.34. The molecule has 0 spiro atoms. The summed E-state index contributed by atoms with van der Waals surface area (Å²) in [7, 11) is 0. The smallest absolute Gasteiger partial charge is 0.185 e. The summed E-state index contributed by atoms with van der Waals surface area (Å²) < 4.78 is 27.2. The number of nitrogens with two attached hydrogens (primary N) is 1. The minimum absolute atomic E-state index is 0.0428. The van der Waals surface area contributed by atoms with Gasteiger partial charge in [0, 0.05) is 0 Å². The summed E-state index contributed by atoms with van der Waals surface area (Å²) >= 11 is 1.19. The second-order valence-electron chi connectivity index (χ2n) is 3.65. The van der Waals surface area contributed by atoms with Gasteiger partial charge in [-0.05, 0) is 17.5 Å². The van der Waals surface area contributed by atoms with Gasteiger partial charge in [0.05, 0.1) is 4.70 Å². The van der Waals surface area contributed by atoms with Crippen molar-refractivity contribution in [2.45, 2.75) is 19.8 Å². The predicted octanol–water partition coefficient (Wildman–Crippen LogP) is 3.28. The molecule has 2 aromatic rings. The quantitative estimate of drug-likeness (QED) is 0.813. The monoisotopic (exact) mass is 228 g/mol. The molecule has 80 valence electrons. The molecule has 0 unspecified atom stereocenters. The zero-order valence-electron chi connectivity index (χ0n) is 8.34. The first-order valence-corrected chi connectivity index (χ1v) is 5.36. The van der Waals surface area contributed by atoms with Crippen LogP contribution in [0.15, 0.2) is 6.07 Å². The Morgan fingerprint density at radius 2 is 2.07 bits per heavy atom. The maximum absolute atomic E-state index is 13.4. The van der Waals surface area contributed by atoms with Crippen molar-refractivity contribution >= 4 is 26.7 Å². The molecule has 1 heterocycles. The molecule has 5 heteroatoms. The number of nitrogens with zero attached hydrogens (tertiary/aromatic N) is 1. The molecule has 0 atom stereocenters. The first-order valence-electron chi connectivity index (χ1n) is 4.54. The van der Waals surface area contributed by atoms with E-state index in [2.05, 4.69) is 4.98 Å². The maximum atomic E-state index is 13.4. The molecule has 0 fully saturated rings. The highest BCUT2D eigenvalue weighted by atomic mass is 32.1. The molecule has 0 bridgehead atoms. The lowest BCUT2D eigenvalue weighted by Crippen LogP contribution is -1.94. The standard InChI is InChI=1S/C10H10F2N2S/c1-4(2)5-3-6(11)7(12)8-9(5)15-10(13)14-8/h3-4H,1-2H3,(H2,13,14). The molecule has 2 nitrogen and oxygen atoms in total. The zero-order valence-corrected chi connectivity index (χ0v) is 9.16. The topological polar surface area (TPSA) is 38.9 Å². The van der Waals surface area contributed by atoms with Crippen LogP contribution in [0.3, 0.4) is 0 Å². The summed E-state index contributed by atoms with van der Waals surface area (Å²) in [6.45, 7) is 3.84. The fourth-order valence-electron chi connectivity index (χ4n) is 1.49. The van der Waals surface area contributed by atoms with Gasteiger partial charge in [-0.3, -0.25) is 0 Å². The van der Waals surface area contributed by atoms with Crippen molar-refractivity contribution in [2.75, 3.05) is 5.73 Å². The lowest BCUT2D eigenvalue weighted by molar-refractivity contribution is 0.514. The molecule has 0 aliphatic rings. The summed E-state index contributed by atoms with van der Waals surface area (Å²) in [5.41, 5.74) is 6.29. The maximum Gasteiger partial charge on any atom is 0.185 e. The molecule has 0 aliphatic heterocycles. The van der Waals surface area contributed by atoms with E-state index >= 15 is 0 Å². The molecule has 2 N–H and O–H groups in total. The van der Waals surface area contributed by atoms with E-state index in [1.54, 1.807) is 0 Å². The third-order valence-corrected chi connectivity index (χ3v) is 3.16. The van der Waals surface area contributed by atoms with Crippen LogP contribution in [0, 0.1) is 11.6 Å². The Morgan fingerprint density at radius 1 is 1.40 bits per heavy atom. The van der Waals surface area contributed by atoms with Gasteiger partial charge in [0.25, 0.3) is 0 Å². The third kappa shape index (κ3) is 1.56. The van der Waals surface area contributed by atoms with Crippen LogP contribution >= 0.6 is 11.3 Å². The first-order chi connectivity index (χ1) is 7.00. The minimum Gasteiger partial charge on any atom is -0.375 e. The number of aromatic nitrogens is 1. The summed E-state index contributed by atoms with van der Waals surface area (Å²) in [5, 5.41) is 0.261. The van der Waals surface area contributed by atoms with Crippen LogP contribution in [0.25, 0.3) is 10.2 Å². The highest BCUT2D eigenvalue weighted by molar-refractivity contribution is 7.22. The average Bonchev–Trinajstić information content (AvgIpc) is 2.53. The summed E-state index contributed by atoms with van der Waals surface area (Å²) in [4.78, 5) is 3.80. The normalized spacial score (nSPS) is 11.5. The van der Waals surface area contributed by atoms with Gasteiger partial charge >= 0.3 is 0 Å². The van der Waals surface area contributed by atoms with Crippen LogP contribution < -0.4 is 5.73 Å². The molecule has 0 aliphatic carbocycles. The lowest BCUT2D eigenvalue weighted by Gasteiger charge is -2.06. The van der Waals surface area contributed by atoms with E-state index in [0.717, 1.165) is 5.56 Å². The van der Waals surface area contributed by atoms with Crippen LogP contribution in [0.5, 0.6) is 0 Å². The molecule has 0 amide bonds. The number of hydrogen-bond acceptors (Lipinski definition) is 3. The van der Waals surface area contributed by atoms with E-state index in [9.17, 15) is 8.78 Å². The fourth-order valence-corrected chi connectivity index (χ4v) is 2.48. The van der Waals surface area contributed by atoms with Crippen molar-refractivity contribution in [3.05, 3.63) is 23.3 Å². The van der Waals surface area contributed by atoms with Crippen LogP contribution in [0.4, 0.5) is 13.9 Å². The number of thiazole rings is 1. The average molecular weight is 228 g/mol. The lowest BCUT2D eigenvalue weighted by atomic mass is 10.0. The molecular weight excluding hydrogens is 218 g/mol. The molecule has 0 saturated heterocycles. The highest BCUT2D eigenvalue weighted by Gasteiger charge is 2.17. The van der Waals surface area contributed by atoms with Crippen molar-refractivity contribution in [1.29, 1.82) is 0 Å². The Bertz CT molecular complexity index is 520. The Labute approximate surface area is 89.7 Å². The number of fused-ring (bicyclic) bond motifs is 1.